The van der Waals surface area contributed by atoms with Crippen LogP contribution < -0.4 is 49.1 Å². The summed E-state index contributed by atoms with van der Waals surface area (Å²) in [7, 11) is 0. The summed E-state index contributed by atoms with van der Waals surface area (Å²) in [6.07, 6.45) is -0.408. The summed E-state index contributed by atoms with van der Waals surface area (Å²) in [5, 5.41) is 45.8. The van der Waals surface area contributed by atoms with E-state index in [2.05, 4.69) is 41.9 Å². The van der Waals surface area contributed by atoms with Gasteiger partial charge in [0.1, 0.15) is 30.2 Å². The lowest BCUT2D eigenvalue weighted by Gasteiger charge is -2.28. The largest absolute Gasteiger partial charge is 0.480 e. The number of nitrogens with one attached hydrogen (secondary N) is 7. The van der Waals surface area contributed by atoms with Crippen LogP contribution in [0.25, 0.3) is 10.9 Å². The summed E-state index contributed by atoms with van der Waals surface area (Å²) in [6, 6.07) is -0.597. The van der Waals surface area contributed by atoms with Crippen LogP contribution in [0.15, 0.2) is 35.5 Å². The first-order valence-corrected chi connectivity index (χ1v) is 19.9. The number of para-hydroxylation sites is 1. The maximum absolute atomic E-state index is 13.9. The first kappa shape index (κ1) is 50.3. The molecular formula is C39H63N11O10. The minimum atomic E-state index is -1.70. The second kappa shape index (κ2) is 24.3. The Bertz CT molecular complexity index is 1810. The number of aliphatic hydroxyl groups excluding tert-OH is 2. The molecule has 0 aliphatic carbocycles. The van der Waals surface area contributed by atoms with Crippen LogP contribution in [0, 0.1) is 11.8 Å². The molecule has 0 saturated carbocycles. The van der Waals surface area contributed by atoms with Crippen molar-refractivity contribution in [2.45, 2.75) is 122 Å². The summed E-state index contributed by atoms with van der Waals surface area (Å²) >= 11 is 0. The van der Waals surface area contributed by atoms with Gasteiger partial charge in [0.2, 0.25) is 35.4 Å². The molecule has 1 aromatic carbocycles. The van der Waals surface area contributed by atoms with Gasteiger partial charge in [0, 0.05) is 30.1 Å². The van der Waals surface area contributed by atoms with Crippen LogP contribution in [0.1, 0.15) is 72.8 Å². The average molecular weight is 846 g/mol. The Morgan fingerprint density at radius 1 is 0.767 bits per heavy atom. The number of benzene rings is 1. The molecule has 0 radical (unpaired) electrons. The summed E-state index contributed by atoms with van der Waals surface area (Å²) in [6.45, 7) is 9.05. The van der Waals surface area contributed by atoms with Gasteiger partial charge in [-0.2, -0.15) is 0 Å². The van der Waals surface area contributed by atoms with Crippen LogP contribution in [-0.2, 0) is 40.0 Å². The predicted octanol–water partition coefficient (Wildman–Crippen LogP) is -2.43. The van der Waals surface area contributed by atoms with E-state index in [0.717, 1.165) is 23.4 Å². The molecule has 0 bridgehead atoms. The third-order valence-corrected chi connectivity index (χ3v) is 9.71. The number of aliphatic hydroxyl groups is 2. The number of amides is 6. The third-order valence-electron chi connectivity index (χ3n) is 9.71. The Labute approximate surface area is 348 Å². The highest BCUT2D eigenvalue weighted by Gasteiger charge is 2.35. The SMILES string of the molecule is CC[C@H](C)[C@H](NC(=O)[C@H](Cc1c[nH]c2ccccc12)NC(=O)[C@@H](N)CC(C)C)C(=O)NCC(=O)N[C@H](C(=O)N[C@H](C(=O)N[C@@H](CCCN=C(N)N)C(=O)O)[C@@H](C)O)[C@@H](C)O. The van der Waals surface area contributed by atoms with Gasteiger partial charge in [0.15, 0.2) is 5.96 Å². The molecule has 0 aliphatic rings. The second-order valence-corrected chi connectivity index (χ2v) is 15.3. The van der Waals surface area contributed by atoms with Crippen molar-refractivity contribution in [2.24, 2.45) is 34.0 Å². The van der Waals surface area contributed by atoms with E-state index in [0.29, 0.717) is 12.8 Å². The standard InChI is InChI=1S/C39H63N11O10/c1-7-20(4)30(49-34(55)28(47-33(54)25(40)15-19(2)3)16-23-17-44-26-12-9-8-11-24(23)26)35(56)45-18-29(53)48-31(21(5)51)37(58)50-32(22(6)52)36(57)46-27(38(59)60)13-10-14-43-39(41)42/h8-9,11-12,17,19-22,25,27-28,30-32,44,51-52H,7,10,13-16,18,40H2,1-6H3,(H,45,56)(H,46,57)(H,47,54)(H,48,53)(H,49,55)(H,50,58)(H,59,60)(H4,41,42,43)/t20-,21+,22+,25-,27-,28-,30-,31-,32-/m0/s1. The maximum atomic E-state index is 13.9. The van der Waals surface area contributed by atoms with E-state index in [1.165, 1.54) is 6.92 Å². The highest BCUT2D eigenvalue weighted by Crippen LogP contribution is 2.20. The molecule has 6 amide bonds. The Morgan fingerprint density at radius 3 is 1.93 bits per heavy atom. The molecule has 2 aromatic rings. The minimum Gasteiger partial charge on any atom is -0.480 e. The number of carbonyl (C=O) groups excluding carboxylic acids is 6. The second-order valence-electron chi connectivity index (χ2n) is 15.3. The minimum absolute atomic E-state index is 0.0639. The quantitative estimate of drug-likeness (QED) is 0.0281. The number of hydrogen-bond donors (Lipinski definition) is 13. The predicted molar refractivity (Wildman–Crippen MR) is 222 cm³/mol. The van der Waals surface area contributed by atoms with Gasteiger partial charge in [-0.15, -0.1) is 0 Å². The van der Waals surface area contributed by atoms with Crippen LogP contribution >= 0.6 is 0 Å². The van der Waals surface area contributed by atoms with Crippen molar-refractivity contribution in [1.29, 1.82) is 0 Å². The number of aromatic amines is 1. The maximum Gasteiger partial charge on any atom is 0.326 e. The van der Waals surface area contributed by atoms with Crippen molar-refractivity contribution in [2.75, 3.05) is 13.1 Å². The van der Waals surface area contributed by atoms with Gasteiger partial charge in [-0.05, 0) is 56.6 Å². The van der Waals surface area contributed by atoms with Gasteiger partial charge in [0.05, 0.1) is 24.8 Å². The highest BCUT2D eigenvalue weighted by molar-refractivity contribution is 5.97. The first-order chi connectivity index (χ1) is 28.2. The summed E-state index contributed by atoms with van der Waals surface area (Å²) < 4.78 is 0. The van der Waals surface area contributed by atoms with Crippen LogP contribution in [0.5, 0.6) is 0 Å². The molecular weight excluding hydrogens is 782 g/mol. The lowest BCUT2D eigenvalue weighted by molar-refractivity contribution is -0.143. The topological polar surface area (TPSA) is 359 Å². The number of aliphatic carboxylic acids is 1. The summed E-state index contributed by atoms with van der Waals surface area (Å²) in [4.78, 5) is 98.6. The highest BCUT2D eigenvalue weighted by atomic mass is 16.4. The number of nitrogens with two attached hydrogens (primary N) is 3. The molecule has 60 heavy (non-hydrogen) atoms. The van der Waals surface area contributed by atoms with Crippen LogP contribution in [-0.4, -0.2) is 129 Å². The van der Waals surface area contributed by atoms with Gasteiger partial charge in [0.25, 0.3) is 0 Å². The molecule has 9 atom stereocenters. The van der Waals surface area contributed by atoms with E-state index >= 15 is 0 Å². The zero-order chi connectivity index (χ0) is 45.3. The smallest absolute Gasteiger partial charge is 0.326 e. The first-order valence-electron chi connectivity index (χ1n) is 19.9. The van der Waals surface area contributed by atoms with Crippen molar-refractivity contribution < 1.29 is 48.9 Å². The monoisotopic (exact) mass is 845 g/mol. The van der Waals surface area contributed by atoms with E-state index < -0.39 is 102 Å². The van der Waals surface area contributed by atoms with E-state index in [1.54, 1.807) is 20.0 Å². The van der Waals surface area contributed by atoms with Crippen molar-refractivity contribution in [3.8, 4) is 0 Å². The number of carboxylic acids is 1. The number of hydrogen-bond acceptors (Lipinski definition) is 11. The Morgan fingerprint density at radius 2 is 1.35 bits per heavy atom. The molecule has 1 aromatic heterocycles. The molecule has 0 unspecified atom stereocenters. The summed E-state index contributed by atoms with van der Waals surface area (Å²) in [5.41, 5.74) is 18.2. The number of H-pyrrole nitrogens is 1. The van der Waals surface area contributed by atoms with Crippen LogP contribution in [0.2, 0.25) is 0 Å². The molecule has 0 aliphatic heterocycles. The number of aromatic nitrogens is 1. The van der Waals surface area contributed by atoms with Crippen molar-refractivity contribution in [3.05, 3.63) is 36.0 Å². The van der Waals surface area contributed by atoms with Crippen molar-refractivity contribution >= 4 is 58.3 Å². The number of fused-ring (bicyclic) bond motifs is 1. The molecule has 21 nitrogen and oxygen atoms in total. The number of carboxylic acid groups (broad SMARTS) is 1. The van der Waals surface area contributed by atoms with E-state index in [-0.39, 0.29) is 37.7 Å². The fourth-order valence-electron chi connectivity index (χ4n) is 6.16. The van der Waals surface area contributed by atoms with Crippen molar-refractivity contribution in [3.63, 3.8) is 0 Å². The molecule has 0 saturated heterocycles. The van der Waals surface area contributed by atoms with Crippen LogP contribution in [0.4, 0.5) is 0 Å². The number of rotatable bonds is 25. The molecule has 16 N–H and O–H groups in total. The Kier molecular flexibility index (Phi) is 20.4. The number of carbonyl (C=O) groups is 7. The summed E-state index contributed by atoms with van der Waals surface area (Å²) in [5.74, 6) is -7.00. The number of aliphatic imine (C=N–C) groups is 1. The van der Waals surface area contributed by atoms with Gasteiger partial charge in [-0.25, -0.2) is 4.79 Å². The number of guanidine groups is 1. The molecule has 0 spiro atoms. The number of nitrogens with zero attached hydrogens (tertiary/aromatic N) is 1. The zero-order valence-corrected chi connectivity index (χ0v) is 35.0. The zero-order valence-electron chi connectivity index (χ0n) is 35.0. The molecule has 21 heteroatoms. The third kappa shape index (κ3) is 16.1. The van der Waals surface area contributed by atoms with E-state index in [1.807, 2.05) is 38.1 Å². The van der Waals surface area contributed by atoms with E-state index in [9.17, 15) is 48.9 Å². The van der Waals surface area contributed by atoms with Gasteiger partial charge < -0.3 is 69.4 Å². The lowest BCUT2D eigenvalue weighted by atomic mass is 9.96. The van der Waals surface area contributed by atoms with Crippen LogP contribution in [0.3, 0.4) is 0 Å². The Hall–Kier alpha value is -5.80. The molecule has 2 rings (SSSR count). The Balaban J connectivity index is 2.16. The fourth-order valence-corrected chi connectivity index (χ4v) is 6.16. The van der Waals surface area contributed by atoms with Gasteiger partial charge in [-0.1, -0.05) is 52.3 Å². The average Bonchev–Trinajstić information content (AvgIpc) is 3.59. The van der Waals surface area contributed by atoms with Gasteiger partial charge >= 0.3 is 5.97 Å². The molecule has 334 valence electrons. The lowest BCUT2D eigenvalue weighted by Crippen LogP contribution is -2.61. The molecule has 0 fully saturated rings. The van der Waals surface area contributed by atoms with Crippen molar-refractivity contribution in [1.82, 2.24) is 36.9 Å². The van der Waals surface area contributed by atoms with E-state index in [4.69, 9.17) is 17.2 Å². The molecule has 1 heterocycles. The fraction of sp³-hybridized carbons (Fsp3) is 0.590. The normalized spacial score (nSPS) is 15.8. The van der Waals surface area contributed by atoms with Gasteiger partial charge in [-0.3, -0.25) is 33.8 Å².